The highest BCUT2D eigenvalue weighted by Crippen LogP contribution is 2.27. The molecule has 0 amide bonds. The largest absolute Gasteiger partial charge is 0.348 e. The van der Waals surface area contributed by atoms with E-state index in [-0.39, 0.29) is 18.1 Å². The van der Waals surface area contributed by atoms with Crippen molar-refractivity contribution >= 4 is 26.6 Å². The third-order valence-electron chi connectivity index (χ3n) is 2.03. The Morgan fingerprint density at radius 2 is 1.92 bits per heavy atom. The predicted octanol–water partition coefficient (Wildman–Crippen LogP) is 1.05. The quantitative estimate of drug-likeness (QED) is 0.456. The molecule has 13 heavy (non-hydrogen) atoms. The summed E-state index contributed by atoms with van der Waals surface area (Å²) in [6, 6.07) is 7.10. The number of para-hydroxylation sites is 1. The van der Waals surface area contributed by atoms with Gasteiger partial charge >= 0.3 is 0 Å². The van der Waals surface area contributed by atoms with Crippen molar-refractivity contribution in [2.45, 2.75) is 0 Å². The first-order valence-corrected chi connectivity index (χ1v) is 4.40. The maximum Gasteiger partial charge on any atom is 0.232 e. The molecule has 1 aliphatic heterocycles. The third kappa shape index (κ3) is 1.25. The first kappa shape index (κ1) is 8.39. The summed E-state index contributed by atoms with van der Waals surface area (Å²) in [5.41, 5.74) is 1.30. The van der Waals surface area contributed by atoms with Gasteiger partial charge in [-0.3, -0.25) is 9.59 Å². The van der Waals surface area contributed by atoms with E-state index in [1.807, 2.05) is 12.1 Å². The van der Waals surface area contributed by atoms with Gasteiger partial charge in [0, 0.05) is 5.56 Å². The molecule has 1 heterocycles. The Morgan fingerprint density at radius 1 is 1.23 bits per heavy atom. The standard InChI is InChI=1S/C9H8NO2P/c11-8-5-10(13)7-4-2-1-3-6(7)9(8)12/h1-4H,5,13H2. The second-order valence-electron chi connectivity index (χ2n) is 2.90. The fourth-order valence-corrected chi connectivity index (χ4v) is 1.77. The number of rotatable bonds is 0. The van der Waals surface area contributed by atoms with Crippen molar-refractivity contribution < 1.29 is 9.59 Å². The zero-order chi connectivity index (χ0) is 9.42. The van der Waals surface area contributed by atoms with Crippen LogP contribution >= 0.6 is 9.39 Å². The molecule has 0 aromatic heterocycles. The minimum atomic E-state index is -0.380. The lowest BCUT2D eigenvalue weighted by molar-refractivity contribution is -0.113. The second kappa shape index (κ2) is 2.93. The maximum absolute atomic E-state index is 11.4. The van der Waals surface area contributed by atoms with Gasteiger partial charge in [-0.25, -0.2) is 0 Å². The van der Waals surface area contributed by atoms with Crippen LogP contribution in [0.15, 0.2) is 24.3 Å². The van der Waals surface area contributed by atoms with Gasteiger partial charge in [0.2, 0.25) is 11.6 Å². The van der Waals surface area contributed by atoms with Crippen LogP contribution in [0.1, 0.15) is 10.4 Å². The van der Waals surface area contributed by atoms with Crippen LogP contribution < -0.4 is 4.67 Å². The van der Waals surface area contributed by atoms with E-state index in [4.69, 9.17) is 0 Å². The van der Waals surface area contributed by atoms with Gasteiger partial charge in [0.05, 0.1) is 12.2 Å². The number of anilines is 1. The molecule has 0 spiro atoms. The molecule has 0 N–H and O–H groups in total. The average Bonchev–Trinajstić information content (AvgIpc) is 2.15. The van der Waals surface area contributed by atoms with E-state index >= 15 is 0 Å². The number of hydrogen-bond donors (Lipinski definition) is 0. The Kier molecular flexibility index (Phi) is 1.89. The highest BCUT2D eigenvalue weighted by atomic mass is 31.0. The molecule has 1 atom stereocenters. The number of ketones is 2. The molecule has 1 aromatic carbocycles. The number of carbonyl (C=O) groups excluding carboxylic acids is 2. The molecular weight excluding hydrogens is 185 g/mol. The average molecular weight is 193 g/mol. The SMILES string of the molecule is O=C1CN(P)c2ccccc2C1=O. The Labute approximate surface area is 78.0 Å². The maximum atomic E-state index is 11.4. The minimum absolute atomic E-state index is 0.153. The van der Waals surface area contributed by atoms with Gasteiger partial charge in [-0.2, -0.15) is 0 Å². The van der Waals surface area contributed by atoms with Crippen LogP contribution in [0.5, 0.6) is 0 Å². The summed E-state index contributed by atoms with van der Waals surface area (Å²) >= 11 is 0. The van der Waals surface area contributed by atoms with Crippen LogP contribution in [0.2, 0.25) is 0 Å². The summed E-state index contributed by atoms with van der Waals surface area (Å²) in [7, 11) is 2.43. The Bertz CT molecular complexity index is 389. The van der Waals surface area contributed by atoms with E-state index in [0.29, 0.717) is 5.56 Å². The first-order chi connectivity index (χ1) is 6.20. The van der Waals surface area contributed by atoms with E-state index in [1.165, 1.54) is 0 Å². The molecule has 2 rings (SSSR count). The molecule has 1 aromatic rings. The molecule has 0 saturated heterocycles. The monoisotopic (exact) mass is 193 g/mol. The molecular formula is C9H8NO2P. The zero-order valence-corrected chi connectivity index (χ0v) is 8.01. The van der Waals surface area contributed by atoms with Gasteiger partial charge in [0.1, 0.15) is 0 Å². The van der Waals surface area contributed by atoms with Crippen molar-refractivity contribution in [3.05, 3.63) is 29.8 Å². The summed E-state index contributed by atoms with van der Waals surface area (Å²) < 4.78 is 1.71. The van der Waals surface area contributed by atoms with Gasteiger partial charge in [-0.15, -0.1) is 0 Å². The Hall–Kier alpha value is -1.21. The fourth-order valence-electron chi connectivity index (χ4n) is 1.38. The molecule has 0 fully saturated rings. The lowest BCUT2D eigenvalue weighted by Crippen LogP contribution is -2.33. The molecule has 66 valence electrons. The van der Waals surface area contributed by atoms with Crippen LogP contribution in [0.3, 0.4) is 0 Å². The van der Waals surface area contributed by atoms with E-state index in [9.17, 15) is 9.59 Å². The fraction of sp³-hybridized carbons (Fsp3) is 0.111. The van der Waals surface area contributed by atoms with Gasteiger partial charge in [0.15, 0.2) is 0 Å². The normalized spacial score (nSPS) is 15.9. The van der Waals surface area contributed by atoms with E-state index in [1.54, 1.807) is 16.8 Å². The third-order valence-corrected chi connectivity index (χ3v) is 2.49. The molecule has 0 aliphatic carbocycles. The molecule has 1 aliphatic rings. The van der Waals surface area contributed by atoms with Crippen LogP contribution in [0.25, 0.3) is 0 Å². The molecule has 0 bridgehead atoms. The minimum Gasteiger partial charge on any atom is -0.348 e. The molecule has 3 nitrogen and oxygen atoms in total. The Balaban J connectivity index is 2.60. The van der Waals surface area contributed by atoms with Crippen molar-refractivity contribution in [2.75, 3.05) is 11.2 Å². The topological polar surface area (TPSA) is 37.4 Å². The lowest BCUT2D eigenvalue weighted by Gasteiger charge is -2.24. The second-order valence-corrected chi connectivity index (χ2v) is 3.52. The molecule has 4 heteroatoms. The lowest BCUT2D eigenvalue weighted by atomic mass is 10.0. The van der Waals surface area contributed by atoms with E-state index < -0.39 is 0 Å². The van der Waals surface area contributed by atoms with Crippen LogP contribution in [-0.2, 0) is 4.79 Å². The van der Waals surface area contributed by atoms with Gasteiger partial charge in [-0.1, -0.05) is 12.1 Å². The summed E-state index contributed by atoms with van der Waals surface area (Å²) in [5, 5.41) is 0. The van der Waals surface area contributed by atoms with Crippen molar-refractivity contribution in [3.8, 4) is 0 Å². The highest BCUT2D eigenvalue weighted by molar-refractivity contribution is 7.19. The van der Waals surface area contributed by atoms with Crippen molar-refractivity contribution in [2.24, 2.45) is 0 Å². The Morgan fingerprint density at radius 3 is 2.69 bits per heavy atom. The van der Waals surface area contributed by atoms with Crippen molar-refractivity contribution in [3.63, 3.8) is 0 Å². The molecule has 0 saturated carbocycles. The van der Waals surface area contributed by atoms with Crippen molar-refractivity contribution in [1.29, 1.82) is 0 Å². The van der Waals surface area contributed by atoms with Crippen LogP contribution in [0.4, 0.5) is 5.69 Å². The number of benzene rings is 1. The van der Waals surface area contributed by atoms with Gasteiger partial charge in [-0.05, 0) is 21.5 Å². The summed E-state index contributed by atoms with van der Waals surface area (Å²) in [5.74, 6) is -0.733. The first-order valence-electron chi connectivity index (χ1n) is 3.89. The number of hydrogen-bond acceptors (Lipinski definition) is 3. The zero-order valence-electron chi connectivity index (χ0n) is 6.86. The highest BCUT2D eigenvalue weighted by Gasteiger charge is 2.27. The predicted molar refractivity (Wildman–Crippen MR) is 52.8 cm³/mol. The number of fused-ring (bicyclic) bond motifs is 1. The summed E-state index contributed by atoms with van der Waals surface area (Å²) in [6.07, 6.45) is 0. The van der Waals surface area contributed by atoms with Crippen LogP contribution in [-0.4, -0.2) is 18.1 Å². The number of carbonyl (C=O) groups is 2. The van der Waals surface area contributed by atoms with Crippen molar-refractivity contribution in [1.82, 2.24) is 0 Å². The number of nitrogens with zero attached hydrogens (tertiary/aromatic N) is 1. The van der Waals surface area contributed by atoms with E-state index in [2.05, 4.69) is 9.39 Å². The van der Waals surface area contributed by atoms with E-state index in [0.717, 1.165) is 5.69 Å². The smallest absolute Gasteiger partial charge is 0.232 e. The summed E-state index contributed by atoms with van der Waals surface area (Å²) in [4.78, 5) is 22.5. The molecule has 1 unspecified atom stereocenters. The van der Waals surface area contributed by atoms with Gasteiger partial charge in [0.25, 0.3) is 0 Å². The molecule has 0 radical (unpaired) electrons. The summed E-state index contributed by atoms with van der Waals surface area (Å²) in [6.45, 7) is 0.153. The van der Waals surface area contributed by atoms with Gasteiger partial charge < -0.3 is 4.67 Å². The van der Waals surface area contributed by atoms with Crippen LogP contribution in [0, 0.1) is 0 Å². The number of Topliss-reactive ketones (excluding diaryl/α,β-unsaturated/α-hetero) is 2.